The normalized spacial score (nSPS) is 18.6. The van der Waals surface area contributed by atoms with E-state index in [9.17, 15) is 34.2 Å². The van der Waals surface area contributed by atoms with Gasteiger partial charge in [0.05, 0.1) is 12.1 Å². The lowest BCUT2D eigenvalue weighted by Crippen LogP contribution is -2.63. The maximum atomic E-state index is 14.2. The van der Waals surface area contributed by atoms with Crippen molar-refractivity contribution < 1.29 is 34.2 Å². The third-order valence-electron chi connectivity index (χ3n) is 9.15. The van der Waals surface area contributed by atoms with Crippen LogP contribution in [0.5, 0.6) is 0 Å². The number of aliphatic hydroxyl groups excluding tert-OH is 1. The molecule has 4 amide bonds. The van der Waals surface area contributed by atoms with Gasteiger partial charge in [-0.1, -0.05) is 41.5 Å². The summed E-state index contributed by atoms with van der Waals surface area (Å²) in [7, 11) is 4.45. The minimum atomic E-state index is -1.32. The molecule has 1 saturated heterocycles. The summed E-state index contributed by atoms with van der Waals surface area (Å²) in [5.74, 6) is -2.14. The lowest BCUT2D eigenvalue weighted by molar-refractivity contribution is -0.160. The lowest BCUT2D eigenvalue weighted by Gasteiger charge is -2.42. The Morgan fingerprint density at radius 3 is 1.70 bits per heavy atom. The van der Waals surface area contributed by atoms with E-state index in [4.69, 9.17) is 5.73 Å². The van der Waals surface area contributed by atoms with Gasteiger partial charge in [-0.3, -0.25) is 19.2 Å². The number of carboxylic acids is 1. The Morgan fingerprint density at radius 2 is 1.22 bits per heavy atom. The molecule has 0 saturated carbocycles. The van der Waals surface area contributed by atoms with Gasteiger partial charge < -0.3 is 35.5 Å². The fraction of sp³-hybridized carbons (Fsp3) is 0.853. The van der Waals surface area contributed by atoms with Gasteiger partial charge in [-0.15, -0.1) is 0 Å². The Labute approximate surface area is 277 Å². The van der Waals surface area contributed by atoms with Crippen LogP contribution in [0.2, 0.25) is 0 Å². The first-order valence-corrected chi connectivity index (χ1v) is 17.1. The van der Waals surface area contributed by atoms with Crippen molar-refractivity contribution in [3.8, 4) is 0 Å². The number of piperidine rings is 1. The van der Waals surface area contributed by atoms with Crippen LogP contribution >= 0.6 is 0 Å². The topological polar surface area (TPSA) is 165 Å². The molecule has 46 heavy (non-hydrogen) atoms. The molecule has 12 nitrogen and oxygen atoms in total. The number of aliphatic hydroxyl groups is 1. The maximum Gasteiger partial charge on any atom is 0.326 e. The van der Waals surface area contributed by atoms with Crippen molar-refractivity contribution in [3.05, 3.63) is 0 Å². The largest absolute Gasteiger partial charge is 0.480 e. The molecule has 0 aromatic heterocycles. The lowest BCUT2D eigenvalue weighted by atomic mass is 9.96. The highest BCUT2D eigenvalue weighted by Gasteiger charge is 2.44. The number of carboxylic acid groups (broad SMARTS) is 1. The van der Waals surface area contributed by atoms with Crippen molar-refractivity contribution in [1.29, 1.82) is 0 Å². The zero-order chi connectivity index (χ0) is 35.5. The number of carbonyl (C=O) groups excluding carboxylic acids is 4. The zero-order valence-corrected chi connectivity index (χ0v) is 30.1. The molecule has 1 heterocycles. The molecule has 0 spiro atoms. The van der Waals surface area contributed by atoms with Gasteiger partial charge in [0.15, 0.2) is 0 Å². The molecular weight excluding hydrogens is 590 g/mol. The van der Waals surface area contributed by atoms with Crippen LogP contribution < -0.4 is 5.73 Å². The summed E-state index contributed by atoms with van der Waals surface area (Å²) in [6.45, 7) is 13.8. The molecule has 1 aliphatic heterocycles. The van der Waals surface area contributed by atoms with Crippen LogP contribution in [0.15, 0.2) is 0 Å². The van der Waals surface area contributed by atoms with E-state index >= 15 is 0 Å². The SMILES string of the molecule is CC(C)CC[C@H](N)C(=O)N(C)[C@@H](CCC(C)C)C(=O)N(C)[C@H](C(=O)N1CCCC[C@H]1C(=O)N(C)[C@@H](CCC(C)C)C(=O)O)[C@@H](C)O. The number of hydrogen-bond acceptors (Lipinski definition) is 7. The highest BCUT2D eigenvalue weighted by Crippen LogP contribution is 2.25. The number of nitrogens with two attached hydrogens (primary N) is 1. The van der Waals surface area contributed by atoms with Gasteiger partial charge in [-0.25, -0.2) is 4.79 Å². The molecule has 6 atom stereocenters. The summed E-state index contributed by atoms with van der Waals surface area (Å²) in [6, 6.07) is -4.94. The molecule has 0 aromatic carbocycles. The van der Waals surface area contributed by atoms with Crippen LogP contribution in [0, 0.1) is 17.8 Å². The van der Waals surface area contributed by atoms with Gasteiger partial charge in [0.1, 0.15) is 24.2 Å². The number of nitrogens with zero attached hydrogens (tertiary/aromatic N) is 4. The Balaban J connectivity index is 3.35. The van der Waals surface area contributed by atoms with Crippen LogP contribution in [0.4, 0.5) is 0 Å². The van der Waals surface area contributed by atoms with Gasteiger partial charge in [0, 0.05) is 27.7 Å². The summed E-state index contributed by atoms with van der Waals surface area (Å²) in [6.07, 6.45) is 3.51. The van der Waals surface area contributed by atoms with E-state index in [-0.39, 0.29) is 30.7 Å². The fourth-order valence-corrected chi connectivity index (χ4v) is 6.08. The van der Waals surface area contributed by atoms with E-state index < -0.39 is 60.0 Å². The summed E-state index contributed by atoms with van der Waals surface area (Å²) in [5, 5.41) is 20.8. The first-order valence-electron chi connectivity index (χ1n) is 17.1. The molecule has 1 rings (SSSR count). The molecule has 0 bridgehead atoms. The van der Waals surface area contributed by atoms with Gasteiger partial charge in [0.2, 0.25) is 23.6 Å². The van der Waals surface area contributed by atoms with E-state index in [2.05, 4.69) is 0 Å². The Kier molecular flexibility index (Phi) is 17.2. The second-order valence-electron chi connectivity index (χ2n) is 14.5. The number of aliphatic carboxylic acids is 1. The fourth-order valence-electron chi connectivity index (χ4n) is 6.08. The Bertz CT molecular complexity index is 1020. The van der Waals surface area contributed by atoms with Gasteiger partial charge >= 0.3 is 5.97 Å². The Morgan fingerprint density at radius 1 is 0.717 bits per heavy atom. The third-order valence-corrected chi connectivity index (χ3v) is 9.15. The first-order chi connectivity index (χ1) is 21.3. The first kappa shape index (κ1) is 41.3. The third kappa shape index (κ3) is 11.8. The predicted molar refractivity (Wildman–Crippen MR) is 179 cm³/mol. The monoisotopic (exact) mass is 653 g/mol. The van der Waals surface area contributed by atoms with E-state index in [1.165, 1.54) is 40.6 Å². The second-order valence-corrected chi connectivity index (χ2v) is 14.5. The number of likely N-dealkylation sites (tertiary alicyclic amines) is 1. The summed E-state index contributed by atoms with van der Waals surface area (Å²) in [5.41, 5.74) is 6.24. The van der Waals surface area contributed by atoms with Crippen molar-refractivity contribution in [2.45, 2.75) is 143 Å². The summed E-state index contributed by atoms with van der Waals surface area (Å²) >= 11 is 0. The van der Waals surface area contributed by atoms with Crippen molar-refractivity contribution in [3.63, 3.8) is 0 Å². The van der Waals surface area contributed by atoms with Crippen LogP contribution in [-0.4, -0.2) is 123 Å². The van der Waals surface area contributed by atoms with Gasteiger partial charge in [-0.2, -0.15) is 0 Å². The number of carbonyl (C=O) groups is 5. The number of likely N-dealkylation sites (N-methyl/N-ethyl adjacent to an activating group) is 3. The minimum absolute atomic E-state index is 0.234. The molecule has 0 aliphatic carbocycles. The van der Waals surface area contributed by atoms with Crippen molar-refractivity contribution >= 4 is 29.6 Å². The molecule has 1 fully saturated rings. The maximum absolute atomic E-state index is 14.2. The number of rotatable bonds is 18. The van der Waals surface area contributed by atoms with E-state index in [1.807, 2.05) is 41.5 Å². The van der Waals surface area contributed by atoms with Crippen molar-refractivity contribution in [1.82, 2.24) is 19.6 Å². The summed E-state index contributed by atoms with van der Waals surface area (Å²) in [4.78, 5) is 72.7. The molecule has 1 aliphatic rings. The standard InChI is InChI=1S/C34H63N5O7/c1-21(2)14-17-25(35)30(41)36(8)26(18-15-22(3)4)31(42)38(10)29(24(7)40)33(44)39-20-12-11-13-27(39)32(43)37(9)28(34(45)46)19-16-23(5)6/h21-29,40H,11-20,35H2,1-10H3,(H,45,46)/t24-,25+,26+,27+,28+,29+/m1/s1. The average Bonchev–Trinajstić information content (AvgIpc) is 2.98. The van der Waals surface area contributed by atoms with Crippen LogP contribution in [0.3, 0.4) is 0 Å². The molecule has 4 N–H and O–H groups in total. The summed E-state index contributed by atoms with van der Waals surface area (Å²) < 4.78 is 0. The zero-order valence-electron chi connectivity index (χ0n) is 30.1. The Hall–Kier alpha value is -2.73. The van der Waals surface area contributed by atoms with Gasteiger partial charge in [0.25, 0.3) is 0 Å². The van der Waals surface area contributed by atoms with Crippen LogP contribution in [0.1, 0.15) is 106 Å². The second kappa shape index (κ2) is 19.2. The predicted octanol–water partition coefficient (Wildman–Crippen LogP) is 2.95. The molecule has 0 radical (unpaired) electrons. The van der Waals surface area contributed by atoms with Crippen molar-refractivity contribution in [2.24, 2.45) is 23.5 Å². The van der Waals surface area contributed by atoms with Crippen molar-refractivity contribution in [2.75, 3.05) is 27.7 Å². The molecule has 12 heteroatoms. The highest BCUT2D eigenvalue weighted by atomic mass is 16.4. The van der Waals surface area contributed by atoms with E-state index in [0.717, 1.165) is 6.42 Å². The van der Waals surface area contributed by atoms with E-state index in [1.54, 1.807) is 7.05 Å². The molecule has 0 aromatic rings. The smallest absolute Gasteiger partial charge is 0.326 e. The van der Waals surface area contributed by atoms with Gasteiger partial charge in [-0.05, 0) is 82.5 Å². The van der Waals surface area contributed by atoms with E-state index in [0.29, 0.717) is 50.9 Å². The molecular formula is C34H63N5O7. The highest BCUT2D eigenvalue weighted by molar-refractivity contribution is 5.95. The average molecular weight is 654 g/mol. The number of hydrogen-bond donors (Lipinski definition) is 3. The quantitative estimate of drug-likeness (QED) is 0.203. The van der Waals surface area contributed by atoms with Crippen LogP contribution in [0.25, 0.3) is 0 Å². The van der Waals surface area contributed by atoms with Crippen LogP contribution in [-0.2, 0) is 24.0 Å². The molecule has 266 valence electrons. The number of amides is 4. The minimum Gasteiger partial charge on any atom is -0.480 e. The molecule has 0 unspecified atom stereocenters.